The number of H-pyrrole nitrogens is 1. The van der Waals surface area contributed by atoms with Gasteiger partial charge in [0, 0.05) is 42.3 Å². The predicted octanol–water partition coefficient (Wildman–Crippen LogP) is 4.58. The van der Waals surface area contributed by atoms with Crippen molar-refractivity contribution in [1.82, 2.24) is 20.2 Å². The van der Waals surface area contributed by atoms with Crippen LogP contribution < -0.4 is 5.32 Å². The fraction of sp³-hybridized carbons (Fsp3) is 0.480. The molecule has 0 radical (unpaired) electrons. The summed E-state index contributed by atoms with van der Waals surface area (Å²) in [6.45, 7) is 6.12. The van der Waals surface area contributed by atoms with Gasteiger partial charge in [-0.3, -0.25) is 14.6 Å². The normalized spacial score (nSPS) is 20.2. The Hall–Kier alpha value is -2.67. The molecule has 5 rings (SSSR count). The van der Waals surface area contributed by atoms with Gasteiger partial charge in [0.1, 0.15) is 5.69 Å². The van der Waals surface area contributed by atoms with Gasteiger partial charge in [-0.05, 0) is 75.1 Å². The van der Waals surface area contributed by atoms with Crippen LogP contribution in [0.2, 0.25) is 0 Å². The molecule has 0 aromatic carbocycles. The second-order valence-electron chi connectivity index (χ2n) is 9.58. The first-order chi connectivity index (χ1) is 15.4. The van der Waals surface area contributed by atoms with Crippen LogP contribution in [0.5, 0.6) is 0 Å². The van der Waals surface area contributed by atoms with Crippen LogP contribution in [0.15, 0.2) is 30.5 Å². The number of carbonyl (C=O) groups is 2. The van der Waals surface area contributed by atoms with Crippen LogP contribution in [0.4, 0.5) is 0 Å². The molecule has 6 nitrogen and oxygen atoms in total. The van der Waals surface area contributed by atoms with Crippen molar-refractivity contribution in [3.05, 3.63) is 52.3 Å². The molecule has 1 aliphatic carbocycles. The summed E-state index contributed by atoms with van der Waals surface area (Å²) in [4.78, 5) is 36.6. The lowest BCUT2D eigenvalue weighted by Crippen LogP contribution is -2.42. The highest BCUT2D eigenvalue weighted by atomic mass is 32.1. The fourth-order valence-corrected chi connectivity index (χ4v) is 6.26. The van der Waals surface area contributed by atoms with Gasteiger partial charge in [-0.2, -0.15) is 0 Å². The van der Waals surface area contributed by atoms with Gasteiger partial charge in [0.25, 0.3) is 5.91 Å². The monoisotopic (exact) mass is 450 g/mol. The molecule has 1 saturated carbocycles. The van der Waals surface area contributed by atoms with E-state index in [1.54, 1.807) is 11.3 Å². The Labute approximate surface area is 192 Å². The number of piperidine rings is 1. The molecule has 2 amide bonds. The highest BCUT2D eigenvalue weighted by Gasteiger charge is 2.44. The molecule has 3 aromatic rings. The van der Waals surface area contributed by atoms with E-state index in [0.29, 0.717) is 12.2 Å². The number of pyridine rings is 1. The number of nitrogens with zero attached hydrogens (tertiary/aromatic N) is 2. The molecule has 32 heavy (non-hydrogen) atoms. The quantitative estimate of drug-likeness (QED) is 0.611. The van der Waals surface area contributed by atoms with Crippen molar-refractivity contribution in [2.75, 3.05) is 13.1 Å². The zero-order valence-corrected chi connectivity index (χ0v) is 19.6. The third-order valence-electron chi connectivity index (χ3n) is 7.28. The van der Waals surface area contributed by atoms with Gasteiger partial charge in [-0.15, -0.1) is 11.3 Å². The number of aromatic amines is 1. The minimum atomic E-state index is 0.0779. The molecule has 2 aliphatic rings. The zero-order chi connectivity index (χ0) is 22.3. The van der Waals surface area contributed by atoms with Gasteiger partial charge in [-0.1, -0.05) is 6.07 Å². The Kier molecular flexibility index (Phi) is 5.53. The Morgan fingerprint density at radius 3 is 2.75 bits per heavy atom. The molecular weight excluding hydrogens is 420 g/mol. The van der Waals surface area contributed by atoms with E-state index in [-0.39, 0.29) is 23.1 Å². The third-order valence-corrected chi connectivity index (χ3v) is 8.28. The van der Waals surface area contributed by atoms with Crippen LogP contribution in [0, 0.1) is 25.2 Å². The molecule has 4 heterocycles. The van der Waals surface area contributed by atoms with Gasteiger partial charge in [0.2, 0.25) is 5.91 Å². The smallest absolute Gasteiger partial charge is 0.270 e. The lowest BCUT2D eigenvalue weighted by Gasteiger charge is -2.39. The third kappa shape index (κ3) is 4.18. The predicted molar refractivity (Wildman–Crippen MR) is 127 cm³/mol. The number of hydrogen-bond acceptors (Lipinski definition) is 4. The van der Waals surface area contributed by atoms with Gasteiger partial charge in [-0.25, -0.2) is 0 Å². The summed E-state index contributed by atoms with van der Waals surface area (Å²) >= 11 is 1.71. The van der Waals surface area contributed by atoms with Crippen molar-refractivity contribution < 1.29 is 9.59 Å². The molecular formula is C25H30N4O2S. The van der Waals surface area contributed by atoms with Crippen LogP contribution in [-0.4, -0.2) is 39.8 Å². The summed E-state index contributed by atoms with van der Waals surface area (Å²) in [6, 6.07) is 8.07. The number of carbonyl (C=O) groups excluding carboxylic acids is 2. The topological polar surface area (TPSA) is 78.1 Å². The molecule has 168 valence electrons. The van der Waals surface area contributed by atoms with Gasteiger partial charge in [0.05, 0.1) is 10.2 Å². The number of thiophene rings is 1. The van der Waals surface area contributed by atoms with Crippen LogP contribution in [0.1, 0.15) is 58.7 Å². The lowest BCUT2D eigenvalue weighted by atomic mass is 9.76. The Morgan fingerprint density at radius 2 is 2.03 bits per heavy atom. The van der Waals surface area contributed by atoms with Crippen molar-refractivity contribution in [1.29, 1.82) is 0 Å². The summed E-state index contributed by atoms with van der Waals surface area (Å²) in [5.41, 5.74) is 3.96. The molecule has 1 saturated heterocycles. The summed E-state index contributed by atoms with van der Waals surface area (Å²) in [5.74, 6) is 0.330. The Balaban J connectivity index is 1.14. The number of nitrogens with one attached hydrogen (secondary N) is 2. The lowest BCUT2D eigenvalue weighted by molar-refractivity contribution is -0.125. The molecule has 1 atom stereocenters. The number of aryl methyl sites for hydroxylation is 2. The van der Waals surface area contributed by atoms with Crippen molar-refractivity contribution in [3.8, 4) is 0 Å². The van der Waals surface area contributed by atoms with Crippen LogP contribution in [0.25, 0.3) is 10.2 Å². The summed E-state index contributed by atoms with van der Waals surface area (Å²) < 4.78 is 1.14. The summed E-state index contributed by atoms with van der Waals surface area (Å²) in [7, 11) is 0. The van der Waals surface area contributed by atoms with E-state index in [1.165, 1.54) is 4.88 Å². The van der Waals surface area contributed by atoms with E-state index in [2.05, 4.69) is 28.3 Å². The van der Waals surface area contributed by atoms with Gasteiger partial charge >= 0.3 is 0 Å². The maximum atomic E-state index is 13.0. The Bertz CT molecular complexity index is 1110. The average Bonchev–Trinajstić information content (AvgIpc) is 3.47. The second-order valence-corrected chi connectivity index (χ2v) is 10.9. The fourth-order valence-electron chi connectivity index (χ4n) is 5.34. The van der Waals surface area contributed by atoms with Crippen molar-refractivity contribution in [2.24, 2.45) is 11.3 Å². The number of rotatable bonds is 4. The van der Waals surface area contributed by atoms with E-state index in [9.17, 15) is 9.59 Å². The summed E-state index contributed by atoms with van der Waals surface area (Å²) in [5, 5.41) is 3.10. The maximum Gasteiger partial charge on any atom is 0.270 e. The van der Waals surface area contributed by atoms with Crippen LogP contribution in [0.3, 0.4) is 0 Å². The minimum Gasteiger partial charge on any atom is -0.352 e. The van der Waals surface area contributed by atoms with Crippen molar-refractivity contribution in [3.63, 3.8) is 0 Å². The van der Waals surface area contributed by atoms with Crippen molar-refractivity contribution >= 4 is 33.4 Å². The zero-order valence-electron chi connectivity index (χ0n) is 18.7. The van der Waals surface area contributed by atoms with E-state index < -0.39 is 0 Å². The maximum absolute atomic E-state index is 13.0. The largest absolute Gasteiger partial charge is 0.352 e. The second kappa shape index (κ2) is 8.35. The van der Waals surface area contributed by atoms with Crippen LogP contribution in [-0.2, 0) is 11.3 Å². The first-order valence-electron chi connectivity index (χ1n) is 11.5. The van der Waals surface area contributed by atoms with E-state index in [0.717, 1.165) is 66.7 Å². The molecule has 7 heteroatoms. The minimum absolute atomic E-state index is 0.0779. The van der Waals surface area contributed by atoms with E-state index in [4.69, 9.17) is 0 Å². The molecule has 1 aliphatic heterocycles. The van der Waals surface area contributed by atoms with Gasteiger partial charge < -0.3 is 15.2 Å². The summed E-state index contributed by atoms with van der Waals surface area (Å²) in [6.07, 6.45) is 6.75. The van der Waals surface area contributed by atoms with Crippen LogP contribution >= 0.6 is 11.3 Å². The molecule has 2 fully saturated rings. The first kappa shape index (κ1) is 21.2. The number of amides is 2. The van der Waals surface area contributed by atoms with E-state index >= 15 is 0 Å². The molecule has 1 unspecified atom stereocenters. The number of fused-ring (bicyclic) bond motifs is 1. The molecule has 2 N–H and O–H groups in total. The molecule has 1 spiro atoms. The number of aromatic nitrogens is 2. The number of hydrogen-bond donors (Lipinski definition) is 2. The molecule has 3 aromatic heterocycles. The Morgan fingerprint density at radius 1 is 1.22 bits per heavy atom. The average molecular weight is 451 g/mol. The highest BCUT2D eigenvalue weighted by Crippen LogP contribution is 2.49. The molecule has 0 bridgehead atoms. The number of likely N-dealkylation sites (tertiary alicyclic amines) is 1. The first-order valence-corrected chi connectivity index (χ1v) is 12.3. The van der Waals surface area contributed by atoms with E-state index in [1.807, 2.05) is 36.2 Å². The van der Waals surface area contributed by atoms with Gasteiger partial charge in [0.15, 0.2) is 0 Å². The van der Waals surface area contributed by atoms with Crippen molar-refractivity contribution in [2.45, 2.75) is 52.5 Å². The SMILES string of the molecule is Cc1ccc(CNC(=O)C2CCC3(CCN(C(=O)c4cc5sc(C)cc5[nH]4)CC3)C2)cn1. The highest BCUT2D eigenvalue weighted by molar-refractivity contribution is 7.19. The standard InChI is InChI=1S/C25H30N4O2S/c1-16-3-4-18(14-26-16)15-27-23(30)19-5-6-25(13-19)7-9-29(10-8-25)24(31)21-12-22-20(28-21)11-17(2)32-22/h3-4,11-12,14,19,28H,5-10,13,15H2,1-2H3,(H,27,30).